The number of hydrogen-bond acceptors (Lipinski definition) is 6. The number of fused-ring (bicyclic) bond motifs is 5. The van der Waals surface area contributed by atoms with Gasteiger partial charge in [0.05, 0.1) is 24.0 Å². The highest BCUT2D eigenvalue weighted by atomic mass is 16.5. The van der Waals surface area contributed by atoms with Crippen molar-refractivity contribution in [2.45, 2.75) is 74.3 Å². The highest BCUT2D eigenvalue weighted by molar-refractivity contribution is 5.98. The van der Waals surface area contributed by atoms with Crippen LogP contribution in [0.2, 0.25) is 0 Å². The first-order valence-electron chi connectivity index (χ1n) is 14.0. The van der Waals surface area contributed by atoms with E-state index < -0.39 is 0 Å². The quantitative estimate of drug-likeness (QED) is 0.316. The zero-order valence-corrected chi connectivity index (χ0v) is 25.4. The second-order valence-electron chi connectivity index (χ2n) is 9.81. The van der Waals surface area contributed by atoms with Crippen molar-refractivity contribution in [2.24, 2.45) is 5.92 Å². The molecule has 1 aliphatic carbocycles. The zero-order valence-electron chi connectivity index (χ0n) is 25.4. The molecule has 1 unspecified atom stereocenters. The number of benzene rings is 1. The van der Waals surface area contributed by atoms with Gasteiger partial charge in [-0.3, -0.25) is 0 Å². The number of methoxy groups -OCH3 is 1. The molecule has 4 rings (SSSR count). The molecule has 1 aromatic rings. The van der Waals surface area contributed by atoms with Crippen molar-refractivity contribution in [1.82, 2.24) is 0 Å². The van der Waals surface area contributed by atoms with Gasteiger partial charge in [0.1, 0.15) is 18.1 Å². The van der Waals surface area contributed by atoms with E-state index in [9.17, 15) is 10.2 Å². The Hall–Kier alpha value is -3.38. The van der Waals surface area contributed by atoms with Gasteiger partial charge in [-0.15, -0.1) is 0 Å². The van der Waals surface area contributed by atoms with Crippen LogP contribution in [0.25, 0.3) is 16.9 Å². The van der Waals surface area contributed by atoms with Crippen molar-refractivity contribution < 1.29 is 24.4 Å². The minimum Gasteiger partial charge on any atom is -0.504 e. The number of hydrogen-bond donors (Lipinski definition) is 3. The van der Waals surface area contributed by atoms with Gasteiger partial charge < -0.3 is 29.7 Å². The first-order valence-corrected chi connectivity index (χ1v) is 14.0. The smallest absolute Gasteiger partial charge is 0.171 e. The summed E-state index contributed by atoms with van der Waals surface area (Å²) in [5, 5.41) is 23.6. The second kappa shape index (κ2) is 14.1. The zero-order chi connectivity index (χ0) is 29.3. The summed E-state index contributed by atoms with van der Waals surface area (Å²) in [5.74, 6) is 2.61. The van der Waals surface area contributed by atoms with Crippen LogP contribution in [0.1, 0.15) is 85.4 Å². The molecule has 39 heavy (non-hydrogen) atoms. The largest absolute Gasteiger partial charge is 0.504 e. The number of rotatable bonds is 6. The molecule has 0 fully saturated rings. The van der Waals surface area contributed by atoms with Gasteiger partial charge in [-0.05, 0) is 70.1 Å². The van der Waals surface area contributed by atoms with E-state index in [0.29, 0.717) is 30.3 Å². The molecule has 0 spiro atoms. The topological polar surface area (TPSA) is 80.2 Å². The molecule has 2 aliphatic heterocycles. The van der Waals surface area contributed by atoms with Gasteiger partial charge in [0, 0.05) is 34.9 Å². The lowest BCUT2D eigenvalue weighted by Gasteiger charge is -2.35. The standard InChI is InChI=1S/C29H35NO5.2C2H6/c1-17(16-31)14-19(3)34-13-12-24-26-20(10-11-21-25(26)18(2)15-29(4,5)30-21)27-23(35-24)9-7-8-22(32)28(27)33-6;2*1-2/h8-12,14-15,17,30-32H,7,13,16H2,1-6H3;2*1-2H3/b19-14-,24-12-;;. The maximum absolute atomic E-state index is 10.6. The molecule has 0 amide bonds. The van der Waals surface area contributed by atoms with Crippen LogP contribution in [-0.2, 0) is 14.2 Å². The van der Waals surface area contributed by atoms with E-state index in [0.717, 1.165) is 39.3 Å². The first-order chi connectivity index (χ1) is 18.6. The Morgan fingerprint density at radius 2 is 1.85 bits per heavy atom. The Bertz CT molecular complexity index is 1210. The third kappa shape index (κ3) is 7.18. The molecule has 0 radical (unpaired) electrons. The Balaban J connectivity index is 0.00000127. The van der Waals surface area contributed by atoms with Gasteiger partial charge in [-0.2, -0.15) is 0 Å². The van der Waals surface area contributed by atoms with Crippen LogP contribution in [0.15, 0.2) is 65.5 Å². The number of allylic oxidation sites excluding steroid dienone is 5. The number of nitrogens with one attached hydrogen (secondary N) is 1. The molecule has 0 aromatic heterocycles. The molecule has 3 aliphatic rings. The molecule has 214 valence electrons. The predicted molar refractivity (Wildman–Crippen MR) is 163 cm³/mol. The minimum absolute atomic E-state index is 0.0278. The molecule has 3 N–H and O–H groups in total. The summed E-state index contributed by atoms with van der Waals surface area (Å²) in [6.45, 7) is 18.6. The molecular formula is C33H47NO5. The first kappa shape index (κ1) is 31.8. The van der Waals surface area contributed by atoms with E-state index in [4.69, 9.17) is 14.2 Å². The van der Waals surface area contributed by atoms with Crippen molar-refractivity contribution in [3.8, 4) is 0 Å². The van der Waals surface area contributed by atoms with Crippen LogP contribution in [0.3, 0.4) is 0 Å². The Kier molecular flexibility index (Phi) is 11.5. The van der Waals surface area contributed by atoms with Gasteiger partial charge >= 0.3 is 0 Å². The van der Waals surface area contributed by atoms with Crippen LogP contribution in [0.5, 0.6) is 0 Å². The number of ether oxygens (including phenoxy) is 3. The van der Waals surface area contributed by atoms with E-state index in [1.807, 2.05) is 59.8 Å². The van der Waals surface area contributed by atoms with Gasteiger partial charge in [0.15, 0.2) is 11.5 Å². The molecule has 0 saturated carbocycles. The van der Waals surface area contributed by atoms with Crippen LogP contribution < -0.4 is 5.32 Å². The summed E-state index contributed by atoms with van der Waals surface area (Å²) >= 11 is 0. The van der Waals surface area contributed by atoms with E-state index in [2.05, 4.69) is 44.3 Å². The van der Waals surface area contributed by atoms with Crippen molar-refractivity contribution >= 4 is 22.6 Å². The maximum atomic E-state index is 10.6. The number of anilines is 1. The van der Waals surface area contributed by atoms with E-state index in [1.54, 1.807) is 13.2 Å². The Morgan fingerprint density at radius 1 is 1.15 bits per heavy atom. The lowest BCUT2D eigenvalue weighted by atomic mass is 9.82. The molecule has 1 aromatic carbocycles. The SMILES string of the molecule is CC.CC.COC1=C2C(=CCC=C1O)O/C(=C\CO/C(C)=C\C(C)CO)c1c2ccc2c1C(C)=CC(C)(C)N2. The highest BCUT2D eigenvalue weighted by Crippen LogP contribution is 2.49. The monoisotopic (exact) mass is 537 g/mol. The summed E-state index contributed by atoms with van der Waals surface area (Å²) in [7, 11) is 1.56. The lowest BCUT2D eigenvalue weighted by molar-refractivity contribution is 0.231. The van der Waals surface area contributed by atoms with Crippen LogP contribution >= 0.6 is 0 Å². The summed E-state index contributed by atoms with van der Waals surface area (Å²) in [5.41, 5.74) is 5.65. The van der Waals surface area contributed by atoms with Gasteiger partial charge in [-0.1, -0.05) is 46.8 Å². The molecule has 0 saturated heterocycles. The molecule has 6 nitrogen and oxygen atoms in total. The predicted octanol–water partition coefficient (Wildman–Crippen LogP) is 8.35. The average molecular weight is 538 g/mol. The van der Waals surface area contributed by atoms with Gasteiger partial charge in [0.2, 0.25) is 0 Å². The molecule has 0 bridgehead atoms. The normalized spacial score (nSPS) is 18.9. The summed E-state index contributed by atoms with van der Waals surface area (Å²) in [6, 6.07) is 4.14. The molecular weight excluding hydrogens is 490 g/mol. The highest BCUT2D eigenvalue weighted by Gasteiger charge is 2.35. The average Bonchev–Trinajstić information content (AvgIpc) is 3.07. The molecule has 1 atom stereocenters. The van der Waals surface area contributed by atoms with Crippen molar-refractivity contribution in [3.05, 3.63) is 82.2 Å². The van der Waals surface area contributed by atoms with Crippen LogP contribution in [0, 0.1) is 5.92 Å². The number of aliphatic hydroxyl groups is 2. The lowest BCUT2D eigenvalue weighted by Crippen LogP contribution is -2.32. The second-order valence-corrected chi connectivity index (χ2v) is 9.81. The third-order valence-electron chi connectivity index (χ3n) is 6.28. The van der Waals surface area contributed by atoms with Crippen molar-refractivity contribution in [2.75, 3.05) is 25.6 Å². The Morgan fingerprint density at radius 3 is 2.49 bits per heavy atom. The van der Waals surface area contributed by atoms with Crippen molar-refractivity contribution in [3.63, 3.8) is 0 Å². The fourth-order valence-corrected chi connectivity index (χ4v) is 4.91. The summed E-state index contributed by atoms with van der Waals surface area (Å²) in [6.07, 6.45) is 10.3. The van der Waals surface area contributed by atoms with E-state index in [-0.39, 0.29) is 23.8 Å². The molecule has 2 heterocycles. The fraction of sp³-hybridized carbons (Fsp3) is 0.455. The maximum Gasteiger partial charge on any atom is 0.171 e. The van der Waals surface area contributed by atoms with Crippen LogP contribution in [0.4, 0.5) is 5.69 Å². The Labute approximate surface area is 235 Å². The van der Waals surface area contributed by atoms with E-state index >= 15 is 0 Å². The minimum atomic E-state index is -0.176. The van der Waals surface area contributed by atoms with Crippen LogP contribution in [-0.4, -0.2) is 36.1 Å². The van der Waals surface area contributed by atoms with Gasteiger partial charge in [-0.25, -0.2) is 0 Å². The van der Waals surface area contributed by atoms with Gasteiger partial charge in [0.25, 0.3) is 0 Å². The van der Waals surface area contributed by atoms with Crippen molar-refractivity contribution in [1.29, 1.82) is 0 Å². The van der Waals surface area contributed by atoms with E-state index in [1.165, 1.54) is 0 Å². The third-order valence-corrected chi connectivity index (χ3v) is 6.28. The number of aliphatic hydroxyl groups excluding tert-OH is 2. The summed E-state index contributed by atoms with van der Waals surface area (Å²) < 4.78 is 18.0. The fourth-order valence-electron chi connectivity index (χ4n) is 4.91. The molecule has 6 heteroatoms. The summed E-state index contributed by atoms with van der Waals surface area (Å²) in [4.78, 5) is 0.